The third kappa shape index (κ3) is 1.77. The molecule has 2 rings (SSSR count). The molecule has 4 nitrogen and oxygen atoms in total. The predicted octanol–water partition coefficient (Wildman–Crippen LogP) is 1.84. The van der Waals surface area contributed by atoms with Gasteiger partial charge in [-0.25, -0.2) is 4.79 Å². The first-order chi connectivity index (χ1) is 6.72. The van der Waals surface area contributed by atoms with Crippen LogP contribution in [0.15, 0.2) is 0 Å². The number of aromatic nitrogens is 2. The molecule has 0 radical (unpaired) electrons. The van der Waals surface area contributed by atoms with E-state index in [1.165, 1.54) is 11.3 Å². The maximum atomic E-state index is 11.3. The molecule has 1 heterocycles. The maximum absolute atomic E-state index is 11.3. The zero-order valence-electron chi connectivity index (χ0n) is 8.19. The minimum atomic E-state index is -0.357. The van der Waals surface area contributed by atoms with Gasteiger partial charge in [-0.15, -0.1) is 10.2 Å². The second-order valence-electron chi connectivity index (χ2n) is 3.49. The van der Waals surface area contributed by atoms with Crippen molar-refractivity contribution < 1.29 is 9.53 Å². The Morgan fingerprint density at radius 2 is 2.36 bits per heavy atom. The van der Waals surface area contributed by atoms with Crippen LogP contribution in [0.5, 0.6) is 0 Å². The van der Waals surface area contributed by atoms with Crippen molar-refractivity contribution in [1.82, 2.24) is 10.2 Å². The number of esters is 1. The number of carbonyl (C=O) groups excluding carboxylic acids is 1. The second kappa shape index (κ2) is 3.65. The number of nitrogens with zero attached hydrogens (tertiary/aromatic N) is 2. The number of hydrogen-bond donors (Lipinski definition) is 0. The summed E-state index contributed by atoms with van der Waals surface area (Å²) in [6, 6.07) is 0. The van der Waals surface area contributed by atoms with Crippen molar-refractivity contribution in [2.24, 2.45) is 5.92 Å². The maximum Gasteiger partial charge on any atom is 0.369 e. The molecule has 76 valence electrons. The van der Waals surface area contributed by atoms with Crippen molar-refractivity contribution in [1.29, 1.82) is 0 Å². The Kier molecular flexibility index (Phi) is 2.50. The van der Waals surface area contributed by atoms with Gasteiger partial charge < -0.3 is 4.74 Å². The SMILES string of the molecule is CCOC(=O)c1nnc(C2CC2C)s1. The standard InChI is InChI=1S/C9H12N2O2S/c1-3-13-9(12)8-11-10-7(14-8)6-4-5(6)2/h5-6H,3-4H2,1-2H3. The molecule has 0 aromatic carbocycles. The van der Waals surface area contributed by atoms with Gasteiger partial charge in [0.05, 0.1) is 6.61 Å². The Labute approximate surface area is 86.3 Å². The first-order valence-electron chi connectivity index (χ1n) is 4.73. The Morgan fingerprint density at radius 1 is 1.64 bits per heavy atom. The highest BCUT2D eigenvalue weighted by Gasteiger charge is 2.37. The minimum absolute atomic E-state index is 0.357. The van der Waals surface area contributed by atoms with Crippen molar-refractivity contribution in [2.45, 2.75) is 26.2 Å². The van der Waals surface area contributed by atoms with Crippen LogP contribution in [0.1, 0.15) is 41.0 Å². The molecular formula is C9H12N2O2S. The Bertz CT molecular complexity index is 350. The van der Waals surface area contributed by atoms with Gasteiger partial charge >= 0.3 is 5.97 Å². The van der Waals surface area contributed by atoms with Gasteiger partial charge in [-0.1, -0.05) is 18.3 Å². The predicted molar refractivity (Wildman–Crippen MR) is 52.4 cm³/mol. The summed E-state index contributed by atoms with van der Waals surface area (Å²) in [5.74, 6) is 0.859. The quantitative estimate of drug-likeness (QED) is 0.717. The summed E-state index contributed by atoms with van der Waals surface area (Å²) in [6.07, 6.45) is 1.16. The molecular weight excluding hydrogens is 200 g/mol. The fourth-order valence-corrected chi connectivity index (χ4v) is 2.31. The van der Waals surface area contributed by atoms with E-state index in [9.17, 15) is 4.79 Å². The van der Waals surface area contributed by atoms with E-state index in [1.807, 2.05) is 0 Å². The van der Waals surface area contributed by atoms with Gasteiger partial charge in [-0.2, -0.15) is 0 Å². The molecule has 0 amide bonds. The lowest BCUT2D eigenvalue weighted by molar-refractivity contribution is 0.0525. The zero-order chi connectivity index (χ0) is 10.1. The summed E-state index contributed by atoms with van der Waals surface area (Å²) in [6.45, 7) is 4.34. The molecule has 2 unspecified atom stereocenters. The molecule has 14 heavy (non-hydrogen) atoms. The number of carbonyl (C=O) groups is 1. The van der Waals surface area contributed by atoms with Gasteiger partial charge in [0.2, 0.25) is 5.01 Å². The summed E-state index contributed by atoms with van der Waals surface area (Å²) in [5, 5.41) is 9.17. The van der Waals surface area contributed by atoms with Crippen molar-refractivity contribution in [2.75, 3.05) is 6.61 Å². The lowest BCUT2D eigenvalue weighted by Crippen LogP contribution is -2.03. The summed E-state index contributed by atoms with van der Waals surface area (Å²) in [5.41, 5.74) is 0. The molecule has 1 saturated carbocycles. The summed E-state index contributed by atoms with van der Waals surface area (Å²) in [4.78, 5) is 11.3. The van der Waals surface area contributed by atoms with E-state index < -0.39 is 0 Å². The third-order valence-corrected chi connectivity index (χ3v) is 3.35. The normalized spacial score (nSPS) is 24.7. The minimum Gasteiger partial charge on any atom is -0.461 e. The van der Waals surface area contributed by atoms with Crippen molar-refractivity contribution >= 4 is 17.3 Å². The average Bonchev–Trinajstić information content (AvgIpc) is 2.70. The molecule has 1 aliphatic carbocycles. The van der Waals surface area contributed by atoms with E-state index >= 15 is 0 Å². The zero-order valence-corrected chi connectivity index (χ0v) is 9.00. The smallest absolute Gasteiger partial charge is 0.369 e. The Hall–Kier alpha value is -0.970. The molecule has 1 aromatic rings. The first-order valence-corrected chi connectivity index (χ1v) is 5.54. The summed E-state index contributed by atoms with van der Waals surface area (Å²) in [7, 11) is 0. The lowest BCUT2D eigenvalue weighted by atomic mass is 10.4. The van der Waals surface area contributed by atoms with Gasteiger partial charge in [-0.3, -0.25) is 0 Å². The highest BCUT2D eigenvalue weighted by atomic mass is 32.1. The molecule has 0 N–H and O–H groups in total. The molecule has 0 aliphatic heterocycles. The van der Waals surface area contributed by atoms with Crippen LogP contribution in [0, 0.1) is 5.92 Å². The molecule has 5 heteroatoms. The largest absolute Gasteiger partial charge is 0.461 e. The average molecular weight is 212 g/mol. The van der Waals surface area contributed by atoms with Crippen molar-refractivity contribution in [3.05, 3.63) is 10.0 Å². The molecule has 0 saturated heterocycles. The lowest BCUT2D eigenvalue weighted by Gasteiger charge is -1.94. The molecule has 1 aromatic heterocycles. The highest BCUT2D eigenvalue weighted by Crippen LogP contribution is 2.47. The van der Waals surface area contributed by atoms with E-state index in [2.05, 4.69) is 17.1 Å². The fourth-order valence-electron chi connectivity index (χ4n) is 1.33. The Balaban J connectivity index is 2.06. The topological polar surface area (TPSA) is 52.1 Å². The summed E-state index contributed by atoms with van der Waals surface area (Å²) >= 11 is 1.36. The molecule has 0 bridgehead atoms. The van der Waals surface area contributed by atoms with Crippen LogP contribution in [0.4, 0.5) is 0 Å². The van der Waals surface area contributed by atoms with Crippen LogP contribution in [0.2, 0.25) is 0 Å². The molecule has 0 spiro atoms. The molecule has 1 fully saturated rings. The van der Waals surface area contributed by atoms with Gasteiger partial charge in [0.25, 0.3) is 0 Å². The highest BCUT2D eigenvalue weighted by molar-refractivity contribution is 7.13. The monoisotopic (exact) mass is 212 g/mol. The Morgan fingerprint density at radius 3 is 2.93 bits per heavy atom. The molecule has 1 aliphatic rings. The third-order valence-electron chi connectivity index (χ3n) is 2.32. The van der Waals surface area contributed by atoms with Gasteiger partial charge in [-0.05, 0) is 19.3 Å². The number of ether oxygens (including phenoxy) is 1. The van der Waals surface area contributed by atoms with E-state index in [0.717, 1.165) is 11.4 Å². The van der Waals surface area contributed by atoms with Crippen LogP contribution >= 0.6 is 11.3 Å². The first kappa shape index (κ1) is 9.58. The fraction of sp³-hybridized carbons (Fsp3) is 0.667. The van der Waals surface area contributed by atoms with E-state index in [1.54, 1.807) is 6.92 Å². The van der Waals surface area contributed by atoms with Crippen LogP contribution < -0.4 is 0 Å². The van der Waals surface area contributed by atoms with E-state index in [-0.39, 0.29) is 5.97 Å². The second-order valence-corrected chi connectivity index (χ2v) is 4.49. The van der Waals surface area contributed by atoms with E-state index in [0.29, 0.717) is 23.5 Å². The van der Waals surface area contributed by atoms with Crippen LogP contribution in [0.3, 0.4) is 0 Å². The summed E-state index contributed by atoms with van der Waals surface area (Å²) < 4.78 is 4.84. The number of hydrogen-bond acceptors (Lipinski definition) is 5. The van der Waals surface area contributed by atoms with E-state index in [4.69, 9.17) is 4.74 Å². The van der Waals surface area contributed by atoms with Crippen molar-refractivity contribution in [3.8, 4) is 0 Å². The molecule has 2 atom stereocenters. The van der Waals surface area contributed by atoms with Crippen LogP contribution in [-0.2, 0) is 4.74 Å². The van der Waals surface area contributed by atoms with Gasteiger partial charge in [0.15, 0.2) is 0 Å². The number of rotatable bonds is 3. The van der Waals surface area contributed by atoms with Gasteiger partial charge in [0.1, 0.15) is 5.01 Å². The van der Waals surface area contributed by atoms with Crippen molar-refractivity contribution in [3.63, 3.8) is 0 Å². The van der Waals surface area contributed by atoms with Crippen LogP contribution in [0.25, 0.3) is 0 Å². The van der Waals surface area contributed by atoms with Crippen LogP contribution in [-0.4, -0.2) is 22.8 Å². The van der Waals surface area contributed by atoms with Gasteiger partial charge in [0, 0.05) is 5.92 Å².